The lowest BCUT2D eigenvalue weighted by molar-refractivity contribution is 0.0692. The van der Waals surface area contributed by atoms with Crippen LogP contribution in [-0.4, -0.2) is 37.9 Å². The van der Waals surface area contributed by atoms with Crippen LogP contribution in [0.2, 0.25) is 5.15 Å². The first kappa shape index (κ1) is 13.6. The SMILES string of the molecule is COCc1nn(-c2nc3ccccc3[nH]2)c(Cl)c1C(=O)O. The van der Waals surface area contributed by atoms with E-state index in [0.717, 1.165) is 11.0 Å². The first-order chi connectivity index (χ1) is 10.1. The van der Waals surface area contributed by atoms with E-state index in [4.69, 9.17) is 16.3 Å². The number of hydrogen-bond acceptors (Lipinski definition) is 4. The van der Waals surface area contributed by atoms with Gasteiger partial charge in [0.2, 0.25) is 5.95 Å². The number of hydrogen-bond donors (Lipinski definition) is 2. The average molecular weight is 307 g/mol. The van der Waals surface area contributed by atoms with Crippen LogP contribution >= 0.6 is 11.6 Å². The summed E-state index contributed by atoms with van der Waals surface area (Å²) in [5.41, 5.74) is 1.71. The molecule has 0 amide bonds. The van der Waals surface area contributed by atoms with Gasteiger partial charge in [-0.25, -0.2) is 9.78 Å². The van der Waals surface area contributed by atoms with Crippen molar-refractivity contribution in [3.8, 4) is 5.95 Å². The molecule has 0 unspecified atom stereocenters. The molecule has 3 rings (SSSR count). The molecule has 2 aromatic heterocycles. The van der Waals surface area contributed by atoms with Crippen molar-refractivity contribution in [1.29, 1.82) is 0 Å². The smallest absolute Gasteiger partial charge is 0.340 e. The lowest BCUT2D eigenvalue weighted by Crippen LogP contribution is -2.01. The number of rotatable bonds is 4. The summed E-state index contributed by atoms with van der Waals surface area (Å²) in [5.74, 6) is -0.805. The van der Waals surface area contributed by atoms with E-state index in [1.165, 1.54) is 11.8 Å². The first-order valence-electron chi connectivity index (χ1n) is 6.06. The number of imidazole rings is 1. The van der Waals surface area contributed by atoms with E-state index in [9.17, 15) is 9.90 Å². The fraction of sp³-hybridized carbons (Fsp3) is 0.154. The van der Waals surface area contributed by atoms with Gasteiger partial charge in [-0.1, -0.05) is 23.7 Å². The summed E-state index contributed by atoms with van der Waals surface area (Å²) >= 11 is 6.13. The maximum Gasteiger partial charge on any atom is 0.340 e. The lowest BCUT2D eigenvalue weighted by Gasteiger charge is -1.96. The number of aromatic amines is 1. The second-order valence-corrected chi connectivity index (χ2v) is 4.70. The van der Waals surface area contributed by atoms with Crippen molar-refractivity contribution < 1.29 is 14.6 Å². The first-order valence-corrected chi connectivity index (χ1v) is 6.44. The Morgan fingerprint density at radius 1 is 1.48 bits per heavy atom. The molecule has 0 bridgehead atoms. The molecule has 0 spiro atoms. The molecule has 7 nitrogen and oxygen atoms in total. The number of benzene rings is 1. The minimum absolute atomic E-state index is 0.0198. The number of ether oxygens (including phenoxy) is 1. The van der Waals surface area contributed by atoms with Crippen LogP contribution in [0.3, 0.4) is 0 Å². The number of carboxylic acid groups (broad SMARTS) is 1. The Morgan fingerprint density at radius 3 is 2.90 bits per heavy atom. The molecule has 2 N–H and O–H groups in total. The van der Waals surface area contributed by atoms with E-state index < -0.39 is 5.97 Å². The summed E-state index contributed by atoms with van der Waals surface area (Å²) in [4.78, 5) is 18.7. The zero-order valence-corrected chi connectivity index (χ0v) is 11.8. The molecule has 0 aliphatic heterocycles. The number of aromatic carboxylic acids is 1. The van der Waals surface area contributed by atoms with Gasteiger partial charge < -0.3 is 14.8 Å². The molecule has 108 valence electrons. The second kappa shape index (κ2) is 5.19. The van der Waals surface area contributed by atoms with Crippen LogP contribution < -0.4 is 0 Å². The van der Waals surface area contributed by atoms with Crippen LogP contribution in [0, 0.1) is 0 Å². The predicted molar refractivity (Wildman–Crippen MR) is 75.9 cm³/mol. The van der Waals surface area contributed by atoms with Crippen molar-refractivity contribution >= 4 is 28.6 Å². The van der Waals surface area contributed by atoms with Gasteiger partial charge in [-0.15, -0.1) is 0 Å². The highest BCUT2D eigenvalue weighted by Gasteiger charge is 2.24. The summed E-state index contributed by atoms with van der Waals surface area (Å²) in [6.45, 7) is 0.0502. The van der Waals surface area contributed by atoms with E-state index in [2.05, 4.69) is 15.1 Å². The number of nitrogens with zero attached hydrogens (tertiary/aromatic N) is 3. The largest absolute Gasteiger partial charge is 0.478 e. The highest BCUT2D eigenvalue weighted by molar-refractivity contribution is 6.32. The van der Waals surface area contributed by atoms with E-state index in [1.807, 2.05) is 24.3 Å². The molecule has 0 aliphatic carbocycles. The maximum absolute atomic E-state index is 11.3. The standard InChI is InChI=1S/C13H11ClN4O3/c1-21-6-9-10(12(19)20)11(14)18(17-9)13-15-7-4-2-3-5-8(7)16-13/h2-5H,6H2,1H3,(H,15,16)(H,19,20). The van der Waals surface area contributed by atoms with Crippen LogP contribution in [-0.2, 0) is 11.3 Å². The average Bonchev–Trinajstić information content (AvgIpc) is 3.00. The Bertz CT molecular complexity index is 791. The second-order valence-electron chi connectivity index (χ2n) is 4.34. The highest BCUT2D eigenvalue weighted by Crippen LogP contribution is 2.24. The maximum atomic E-state index is 11.3. The normalized spacial score (nSPS) is 11.1. The molecule has 2 heterocycles. The van der Waals surface area contributed by atoms with Crippen molar-refractivity contribution in [1.82, 2.24) is 19.7 Å². The summed E-state index contributed by atoms with van der Waals surface area (Å²) in [7, 11) is 1.46. The Labute approximate surface area is 124 Å². The summed E-state index contributed by atoms with van der Waals surface area (Å²) in [6, 6.07) is 7.42. The van der Waals surface area contributed by atoms with Crippen LogP contribution in [0.1, 0.15) is 16.1 Å². The third kappa shape index (κ3) is 2.26. The van der Waals surface area contributed by atoms with Crippen molar-refractivity contribution in [2.75, 3.05) is 7.11 Å². The van der Waals surface area contributed by atoms with Crippen molar-refractivity contribution in [2.45, 2.75) is 6.61 Å². The molecule has 0 radical (unpaired) electrons. The molecule has 3 aromatic rings. The Hall–Kier alpha value is -2.38. The van der Waals surface area contributed by atoms with Gasteiger partial charge in [0.25, 0.3) is 0 Å². The molecule has 0 saturated heterocycles. The van der Waals surface area contributed by atoms with E-state index in [1.54, 1.807) is 0 Å². The molecule has 1 aromatic carbocycles. The lowest BCUT2D eigenvalue weighted by atomic mass is 10.2. The number of H-pyrrole nitrogens is 1. The molecule has 0 saturated carbocycles. The van der Waals surface area contributed by atoms with Gasteiger partial charge >= 0.3 is 5.97 Å². The Balaban J connectivity index is 2.17. The zero-order chi connectivity index (χ0) is 15.0. The number of aromatic nitrogens is 4. The minimum Gasteiger partial charge on any atom is -0.478 e. The fourth-order valence-electron chi connectivity index (χ4n) is 2.07. The topological polar surface area (TPSA) is 93.0 Å². The number of carbonyl (C=O) groups is 1. The van der Waals surface area contributed by atoms with E-state index in [-0.39, 0.29) is 23.0 Å². The predicted octanol–water partition coefficient (Wildman–Crippen LogP) is 2.25. The molecular weight excluding hydrogens is 296 g/mol. The highest BCUT2D eigenvalue weighted by atomic mass is 35.5. The number of fused-ring (bicyclic) bond motifs is 1. The number of para-hydroxylation sites is 2. The van der Waals surface area contributed by atoms with Gasteiger partial charge in [0.15, 0.2) is 5.15 Å². The molecule has 0 aliphatic rings. The molecule has 8 heteroatoms. The fourth-order valence-corrected chi connectivity index (χ4v) is 2.38. The van der Waals surface area contributed by atoms with Gasteiger partial charge in [-0.3, -0.25) is 0 Å². The van der Waals surface area contributed by atoms with Gasteiger partial charge in [0.1, 0.15) is 11.3 Å². The third-order valence-electron chi connectivity index (χ3n) is 2.97. The molecular formula is C13H11ClN4O3. The van der Waals surface area contributed by atoms with Gasteiger partial charge in [-0.05, 0) is 12.1 Å². The Kier molecular flexibility index (Phi) is 3.36. The van der Waals surface area contributed by atoms with Gasteiger partial charge in [0, 0.05) is 7.11 Å². The van der Waals surface area contributed by atoms with Crippen LogP contribution in [0.15, 0.2) is 24.3 Å². The van der Waals surface area contributed by atoms with E-state index >= 15 is 0 Å². The zero-order valence-electron chi connectivity index (χ0n) is 11.0. The number of methoxy groups -OCH3 is 1. The Morgan fingerprint density at radius 2 is 2.24 bits per heavy atom. The molecule has 0 fully saturated rings. The third-order valence-corrected chi connectivity index (χ3v) is 3.32. The molecule has 0 atom stereocenters. The van der Waals surface area contributed by atoms with E-state index in [0.29, 0.717) is 5.95 Å². The van der Waals surface area contributed by atoms with Crippen LogP contribution in [0.25, 0.3) is 17.0 Å². The van der Waals surface area contributed by atoms with Crippen molar-refractivity contribution in [2.24, 2.45) is 0 Å². The summed E-state index contributed by atoms with van der Waals surface area (Å²) in [6.07, 6.45) is 0. The minimum atomic E-state index is -1.16. The number of carboxylic acids is 1. The van der Waals surface area contributed by atoms with Gasteiger partial charge in [-0.2, -0.15) is 9.78 Å². The van der Waals surface area contributed by atoms with Gasteiger partial charge in [0.05, 0.1) is 17.6 Å². The van der Waals surface area contributed by atoms with Crippen LogP contribution in [0.4, 0.5) is 0 Å². The van der Waals surface area contributed by atoms with Crippen molar-refractivity contribution in [3.05, 3.63) is 40.7 Å². The quantitative estimate of drug-likeness (QED) is 0.771. The summed E-state index contributed by atoms with van der Waals surface area (Å²) in [5, 5.41) is 13.4. The van der Waals surface area contributed by atoms with Crippen LogP contribution in [0.5, 0.6) is 0 Å². The summed E-state index contributed by atoms with van der Waals surface area (Å²) < 4.78 is 6.22. The monoisotopic (exact) mass is 306 g/mol. The number of nitrogens with one attached hydrogen (secondary N) is 1. The molecule has 21 heavy (non-hydrogen) atoms. The number of halogens is 1. The van der Waals surface area contributed by atoms with Crippen molar-refractivity contribution in [3.63, 3.8) is 0 Å².